The van der Waals surface area contributed by atoms with Crippen molar-refractivity contribution in [1.82, 2.24) is 4.72 Å². The quantitative estimate of drug-likeness (QED) is 0.433. The van der Waals surface area contributed by atoms with Crippen LogP contribution in [-0.2, 0) is 23.1 Å². The first-order chi connectivity index (χ1) is 17.9. The molecule has 5 rings (SSSR count). The number of halogens is 1. The zero-order valence-corrected chi connectivity index (χ0v) is 23.0. The third kappa shape index (κ3) is 6.61. The number of carbonyl (C=O) groups excluding carboxylic acids is 1. The van der Waals surface area contributed by atoms with Crippen molar-refractivity contribution in [2.75, 3.05) is 23.7 Å². The minimum atomic E-state index is -3.67. The Hall–Kier alpha value is -2.25. The van der Waals surface area contributed by atoms with Gasteiger partial charge in [-0.3, -0.25) is 4.79 Å². The molecule has 1 N–H and O–H groups in total. The summed E-state index contributed by atoms with van der Waals surface area (Å²) >= 11 is 6.29. The van der Waals surface area contributed by atoms with Crippen LogP contribution < -0.4 is 14.4 Å². The number of benzene rings is 2. The lowest BCUT2D eigenvalue weighted by molar-refractivity contribution is 0.0981. The molecule has 2 aliphatic heterocycles. The Morgan fingerprint density at radius 2 is 1.73 bits per heavy atom. The lowest BCUT2D eigenvalue weighted by Gasteiger charge is -2.41. The average Bonchev–Trinajstić information content (AvgIpc) is 2.88. The third-order valence-corrected chi connectivity index (χ3v) is 9.81. The van der Waals surface area contributed by atoms with Gasteiger partial charge in [0, 0.05) is 23.7 Å². The number of hydrogen-bond acceptors (Lipinski definition) is 5. The number of fused-ring (bicyclic) bond motifs is 3. The van der Waals surface area contributed by atoms with Gasteiger partial charge in [-0.2, -0.15) is 0 Å². The van der Waals surface area contributed by atoms with Crippen LogP contribution in [-0.4, -0.2) is 33.2 Å². The van der Waals surface area contributed by atoms with Gasteiger partial charge in [-0.15, -0.1) is 0 Å². The monoisotopic (exact) mass is 544 g/mol. The predicted octanol–water partition coefficient (Wildman–Crippen LogP) is 6.11. The van der Waals surface area contributed by atoms with Gasteiger partial charge in [-0.05, 0) is 91.8 Å². The number of anilines is 1. The largest absolute Gasteiger partial charge is 0.487 e. The number of hydrogen-bond donors (Lipinski definition) is 1. The number of ether oxygens (including phenoxy) is 1. The average molecular weight is 545 g/mol. The van der Waals surface area contributed by atoms with E-state index in [2.05, 4.69) is 9.62 Å². The van der Waals surface area contributed by atoms with E-state index in [-0.39, 0.29) is 5.75 Å². The second-order valence-corrected chi connectivity index (χ2v) is 13.1. The number of sulfonamides is 1. The summed E-state index contributed by atoms with van der Waals surface area (Å²) in [5.74, 6) is 1.48. The van der Waals surface area contributed by atoms with Crippen LogP contribution in [0.1, 0.15) is 79.3 Å². The van der Waals surface area contributed by atoms with Gasteiger partial charge in [0.2, 0.25) is 10.0 Å². The lowest BCUT2D eigenvalue weighted by Crippen LogP contribution is -2.39. The van der Waals surface area contributed by atoms with Gasteiger partial charge in [0.25, 0.3) is 5.91 Å². The van der Waals surface area contributed by atoms with Crippen molar-refractivity contribution < 1.29 is 17.9 Å². The van der Waals surface area contributed by atoms with Crippen LogP contribution >= 0.6 is 11.6 Å². The number of aryl methyl sites for hydroxylation is 1. The topological polar surface area (TPSA) is 75.7 Å². The van der Waals surface area contributed by atoms with Crippen LogP contribution in [0.4, 0.5) is 5.69 Å². The Morgan fingerprint density at radius 3 is 2.57 bits per heavy atom. The van der Waals surface area contributed by atoms with Crippen molar-refractivity contribution >= 4 is 33.2 Å². The van der Waals surface area contributed by atoms with E-state index in [9.17, 15) is 13.2 Å². The first kappa shape index (κ1) is 26.4. The summed E-state index contributed by atoms with van der Waals surface area (Å²) in [5, 5.41) is 0.737. The molecule has 2 bridgehead atoms. The zero-order valence-electron chi connectivity index (χ0n) is 21.4. The predicted molar refractivity (Wildman–Crippen MR) is 148 cm³/mol. The van der Waals surface area contributed by atoms with Gasteiger partial charge in [-0.1, -0.05) is 43.4 Å². The maximum absolute atomic E-state index is 13.0. The fraction of sp³-hybridized carbons (Fsp3) is 0.552. The minimum absolute atomic E-state index is 0.0194. The molecular formula is C29H37ClN2O4S. The highest BCUT2D eigenvalue weighted by Crippen LogP contribution is 2.41. The molecule has 2 aromatic rings. The van der Waals surface area contributed by atoms with Gasteiger partial charge in [0.05, 0.1) is 11.4 Å². The highest BCUT2D eigenvalue weighted by Gasteiger charge is 2.33. The summed E-state index contributed by atoms with van der Waals surface area (Å²) in [6.45, 7) is 2.21. The van der Waals surface area contributed by atoms with E-state index in [1.165, 1.54) is 24.8 Å². The van der Waals surface area contributed by atoms with Gasteiger partial charge in [0.15, 0.2) is 0 Å². The summed E-state index contributed by atoms with van der Waals surface area (Å²) in [6.07, 6.45) is 10.3. The molecule has 1 aliphatic carbocycles. The van der Waals surface area contributed by atoms with Crippen molar-refractivity contribution in [2.45, 2.75) is 70.8 Å². The van der Waals surface area contributed by atoms with Crippen molar-refractivity contribution in [1.29, 1.82) is 0 Å². The molecule has 0 spiro atoms. The summed E-state index contributed by atoms with van der Waals surface area (Å²) in [4.78, 5) is 15.4. The number of rotatable bonds is 0. The second-order valence-electron chi connectivity index (χ2n) is 10.8. The number of carbonyl (C=O) groups is 1. The van der Waals surface area contributed by atoms with Crippen molar-refractivity contribution in [3.05, 3.63) is 58.1 Å². The number of amides is 1. The molecule has 0 radical (unpaired) electrons. The van der Waals surface area contributed by atoms with Crippen LogP contribution in [0.25, 0.3) is 0 Å². The maximum Gasteiger partial charge on any atom is 0.264 e. The van der Waals surface area contributed by atoms with E-state index in [1.54, 1.807) is 6.07 Å². The fourth-order valence-corrected chi connectivity index (χ4v) is 7.21. The molecule has 0 saturated heterocycles. The number of nitrogens with zero attached hydrogens (tertiary/aromatic N) is 1. The van der Waals surface area contributed by atoms with E-state index in [0.29, 0.717) is 24.5 Å². The van der Waals surface area contributed by atoms with Crippen LogP contribution in [0, 0.1) is 11.8 Å². The fourth-order valence-electron chi connectivity index (χ4n) is 5.92. The molecule has 37 heavy (non-hydrogen) atoms. The Kier molecular flexibility index (Phi) is 8.30. The first-order valence-corrected chi connectivity index (χ1v) is 15.7. The van der Waals surface area contributed by atoms with Crippen LogP contribution in [0.15, 0.2) is 36.4 Å². The van der Waals surface area contributed by atoms with E-state index < -0.39 is 15.9 Å². The summed E-state index contributed by atoms with van der Waals surface area (Å²) in [5.41, 5.74) is 3.55. The van der Waals surface area contributed by atoms with Gasteiger partial charge >= 0.3 is 0 Å². The van der Waals surface area contributed by atoms with Crippen molar-refractivity contribution in [2.24, 2.45) is 11.8 Å². The van der Waals surface area contributed by atoms with E-state index in [0.717, 1.165) is 79.6 Å². The molecule has 8 heteroatoms. The van der Waals surface area contributed by atoms with E-state index >= 15 is 0 Å². The summed E-state index contributed by atoms with van der Waals surface area (Å²) in [7, 11) is -3.67. The van der Waals surface area contributed by atoms with Crippen molar-refractivity contribution in [3.8, 4) is 5.75 Å². The van der Waals surface area contributed by atoms with Crippen LogP contribution in [0.3, 0.4) is 0 Å². The van der Waals surface area contributed by atoms with Crippen LogP contribution in [0.5, 0.6) is 5.75 Å². The second kappa shape index (κ2) is 11.6. The summed E-state index contributed by atoms with van der Waals surface area (Å²) < 4.78 is 33.8. The smallest absolute Gasteiger partial charge is 0.264 e. The van der Waals surface area contributed by atoms with E-state index in [4.69, 9.17) is 16.3 Å². The van der Waals surface area contributed by atoms with Gasteiger partial charge in [0.1, 0.15) is 12.4 Å². The summed E-state index contributed by atoms with van der Waals surface area (Å²) in [6, 6.07) is 11.3. The molecule has 6 nitrogen and oxygen atoms in total. The molecule has 2 atom stereocenters. The standard InChI is InChI=1S/C29H37ClN2O4S/c30-26-13-11-25-20-36-28-14-12-23-18-27(28)32(15-5-4-8-22(25)17-26)19-24-10-9-21(24)7-3-1-2-6-16-37(34,35)31-29(23)33/h11-14,17-18,21,24H,1-10,15-16,19-20H2,(H,31,33)/t21-,24+/m1/s1. The maximum atomic E-state index is 13.0. The highest BCUT2D eigenvalue weighted by atomic mass is 35.5. The molecule has 3 aliphatic rings. The lowest BCUT2D eigenvalue weighted by atomic mass is 9.71. The number of nitrogens with one attached hydrogen (secondary N) is 1. The molecule has 2 heterocycles. The molecular weight excluding hydrogens is 508 g/mol. The Morgan fingerprint density at radius 1 is 0.892 bits per heavy atom. The molecule has 1 amide bonds. The van der Waals surface area contributed by atoms with Gasteiger partial charge < -0.3 is 9.64 Å². The Labute approximate surface area is 225 Å². The SMILES string of the molecule is O=C1NS(=O)(=O)CCCCCC[C@@H]2CC[C@H]2CN2CCCCc3cc(Cl)ccc3COc3ccc1cc32. The zero-order chi connectivity index (χ0) is 25.8. The van der Waals surface area contributed by atoms with Crippen molar-refractivity contribution in [3.63, 3.8) is 0 Å². The molecule has 1 saturated carbocycles. The molecule has 0 unspecified atom stereocenters. The third-order valence-electron chi connectivity index (χ3n) is 8.25. The molecule has 2 aromatic carbocycles. The molecule has 0 aromatic heterocycles. The van der Waals surface area contributed by atoms with Crippen LogP contribution in [0.2, 0.25) is 5.02 Å². The first-order valence-electron chi connectivity index (χ1n) is 13.7. The molecule has 1 fully saturated rings. The normalized spacial score (nSPS) is 24.8. The van der Waals surface area contributed by atoms with E-state index in [1.807, 2.05) is 30.3 Å². The Balaban J connectivity index is 1.49. The Bertz CT molecular complexity index is 1230. The highest BCUT2D eigenvalue weighted by molar-refractivity contribution is 7.90. The minimum Gasteiger partial charge on any atom is -0.487 e. The molecule has 200 valence electrons. The van der Waals surface area contributed by atoms with Gasteiger partial charge in [-0.25, -0.2) is 13.1 Å².